The normalized spacial score (nSPS) is 10.2. The fraction of sp³-hybridized carbons (Fsp3) is 0.154. The van der Waals surface area contributed by atoms with E-state index < -0.39 is 23.5 Å². The van der Waals surface area contributed by atoms with Gasteiger partial charge in [0.1, 0.15) is 0 Å². The molecule has 0 aromatic heterocycles. The Labute approximate surface area is 205 Å². The van der Waals surface area contributed by atoms with E-state index in [1.165, 1.54) is 38.1 Å². The molecule has 7 heteroatoms. The second-order valence-electron chi connectivity index (χ2n) is 6.40. The Morgan fingerprint density at radius 3 is 1.06 bits per heavy atom. The summed E-state index contributed by atoms with van der Waals surface area (Å²) in [5, 5.41) is 0. The fourth-order valence-corrected chi connectivity index (χ4v) is 2.27. The Balaban J connectivity index is 0.000000434. The van der Waals surface area contributed by atoms with E-state index in [1.807, 2.05) is 60.7 Å². The topological polar surface area (TPSA) is 0 Å². The fourth-order valence-electron chi connectivity index (χ4n) is 2.27. The van der Waals surface area contributed by atoms with Gasteiger partial charge in [0.25, 0.3) is 0 Å². The molecule has 172 valence electrons. The van der Waals surface area contributed by atoms with Gasteiger partial charge in [-0.2, -0.15) is 111 Å². The van der Waals surface area contributed by atoms with Crippen LogP contribution in [0.4, 0.5) is 26.3 Å². The summed E-state index contributed by atoms with van der Waals surface area (Å²) >= 11 is 0. The molecular weight excluding hydrogens is 474 g/mol. The quantitative estimate of drug-likeness (QED) is 0.130. The maximum absolute atomic E-state index is 12.0. The number of halogens is 6. The van der Waals surface area contributed by atoms with Gasteiger partial charge in [-0.05, 0) is 0 Å². The molecule has 0 aliphatic rings. The van der Waals surface area contributed by atoms with Gasteiger partial charge in [-0.1, -0.05) is 25.0 Å². The van der Waals surface area contributed by atoms with Crippen molar-refractivity contribution in [1.29, 1.82) is 0 Å². The van der Waals surface area contributed by atoms with Crippen LogP contribution in [0, 0.1) is 26.0 Å². The third kappa shape index (κ3) is 12.9. The molecule has 0 unspecified atom stereocenters. The van der Waals surface area contributed by atoms with Crippen molar-refractivity contribution in [1.82, 2.24) is 0 Å². The molecule has 4 aromatic rings. The standard InChI is InChI=1S/2C8H6F3.2C5H5.Ti/c2*1-6-4-2-3-5-7(6)8(9,10)11;2*1-2-4-5-3-1;/h2*2,4-5H,1H3;2*1-5H;/q4*-1;+4. The van der Waals surface area contributed by atoms with Gasteiger partial charge in [0, 0.05) is 0 Å². The number of hydrogen-bond acceptors (Lipinski definition) is 0. The molecule has 0 saturated carbocycles. The van der Waals surface area contributed by atoms with Crippen molar-refractivity contribution in [2.24, 2.45) is 0 Å². The Morgan fingerprint density at radius 1 is 0.606 bits per heavy atom. The first-order valence-corrected chi connectivity index (χ1v) is 9.44. The maximum Gasteiger partial charge on any atom is 4.00 e. The van der Waals surface area contributed by atoms with Gasteiger partial charge in [-0.25, -0.2) is 24.3 Å². The number of alkyl halides is 6. The molecular formula is C26H22F6Ti. The van der Waals surface area contributed by atoms with Crippen molar-refractivity contribution in [3.05, 3.63) is 131 Å². The number of rotatable bonds is 0. The third-order valence-electron chi connectivity index (χ3n) is 3.89. The van der Waals surface area contributed by atoms with Crippen LogP contribution in [0.3, 0.4) is 0 Å². The Kier molecular flexibility index (Phi) is 14.1. The van der Waals surface area contributed by atoms with Crippen LogP contribution in [0.15, 0.2) is 97.1 Å². The molecule has 33 heavy (non-hydrogen) atoms. The summed E-state index contributed by atoms with van der Waals surface area (Å²) < 4.78 is 72.2. The van der Waals surface area contributed by atoms with E-state index in [-0.39, 0.29) is 32.8 Å². The number of hydrogen-bond donors (Lipinski definition) is 0. The van der Waals surface area contributed by atoms with Crippen molar-refractivity contribution < 1.29 is 48.1 Å². The summed E-state index contributed by atoms with van der Waals surface area (Å²) in [6, 6.07) is 32.4. The molecule has 0 spiro atoms. The molecule has 0 saturated heterocycles. The van der Waals surface area contributed by atoms with Gasteiger partial charge in [-0.15, -0.1) is 11.1 Å². The van der Waals surface area contributed by atoms with Crippen LogP contribution in [0.1, 0.15) is 22.3 Å². The summed E-state index contributed by atoms with van der Waals surface area (Å²) in [7, 11) is 0. The predicted octanol–water partition coefficient (Wildman–Crippen LogP) is 8.44. The van der Waals surface area contributed by atoms with E-state index in [2.05, 4.69) is 12.1 Å². The Bertz CT molecular complexity index is 853. The monoisotopic (exact) mass is 496 g/mol. The zero-order chi connectivity index (χ0) is 24.0. The van der Waals surface area contributed by atoms with Crippen LogP contribution in [-0.4, -0.2) is 0 Å². The van der Waals surface area contributed by atoms with Crippen molar-refractivity contribution in [3.63, 3.8) is 0 Å². The molecule has 0 heterocycles. The first-order valence-electron chi connectivity index (χ1n) is 9.44. The molecule has 0 bridgehead atoms. The summed E-state index contributed by atoms with van der Waals surface area (Å²) in [5.41, 5.74) is -0.757. The van der Waals surface area contributed by atoms with E-state index >= 15 is 0 Å². The Hall–Kier alpha value is -2.57. The van der Waals surface area contributed by atoms with E-state index in [1.54, 1.807) is 0 Å². The van der Waals surface area contributed by atoms with Gasteiger partial charge in [0.05, 0.1) is 0 Å². The number of aryl methyl sites for hydroxylation is 2. The molecule has 4 aromatic carbocycles. The SMILES string of the molecule is Cc1cc[c-]cc1C(F)(F)F.Cc1cc[c-]cc1C(F)(F)F.[Ti+4].c1cc[cH-]c1.c1cc[cH-]c1. The molecule has 0 aliphatic heterocycles. The van der Waals surface area contributed by atoms with Crippen molar-refractivity contribution in [2.45, 2.75) is 26.2 Å². The third-order valence-corrected chi connectivity index (χ3v) is 3.89. The predicted molar refractivity (Wildman–Crippen MR) is 114 cm³/mol. The van der Waals surface area contributed by atoms with Gasteiger partial charge < -0.3 is 0 Å². The molecule has 0 atom stereocenters. The summed E-state index contributed by atoms with van der Waals surface area (Å²) in [6.07, 6.45) is -8.50. The number of benzene rings is 2. The first kappa shape index (κ1) is 30.4. The van der Waals surface area contributed by atoms with Crippen LogP contribution in [0.5, 0.6) is 0 Å². The van der Waals surface area contributed by atoms with Crippen LogP contribution >= 0.6 is 0 Å². The second kappa shape index (κ2) is 15.3. The van der Waals surface area contributed by atoms with E-state index in [9.17, 15) is 26.3 Å². The molecule has 0 fully saturated rings. The molecule has 0 aliphatic carbocycles. The van der Waals surface area contributed by atoms with E-state index in [0.717, 1.165) is 12.1 Å². The van der Waals surface area contributed by atoms with Gasteiger partial charge in [-0.3, -0.25) is 0 Å². The average Bonchev–Trinajstić information content (AvgIpc) is 3.46. The van der Waals surface area contributed by atoms with Crippen molar-refractivity contribution in [3.8, 4) is 0 Å². The largest absolute Gasteiger partial charge is 4.00 e. The average molecular weight is 496 g/mol. The van der Waals surface area contributed by atoms with Crippen LogP contribution < -0.4 is 0 Å². The van der Waals surface area contributed by atoms with Gasteiger partial charge >= 0.3 is 34.1 Å². The minimum Gasteiger partial charge on any atom is -0.214 e. The first-order chi connectivity index (χ1) is 15.0. The van der Waals surface area contributed by atoms with Gasteiger partial charge in [0.15, 0.2) is 0 Å². The zero-order valence-electron chi connectivity index (χ0n) is 18.0. The Morgan fingerprint density at radius 2 is 0.909 bits per heavy atom. The summed E-state index contributed by atoms with van der Waals surface area (Å²) in [5.74, 6) is 0. The van der Waals surface area contributed by atoms with E-state index in [0.29, 0.717) is 0 Å². The van der Waals surface area contributed by atoms with Crippen molar-refractivity contribution >= 4 is 0 Å². The molecule has 4 rings (SSSR count). The summed E-state index contributed by atoms with van der Waals surface area (Å²) in [4.78, 5) is 0. The zero-order valence-corrected chi connectivity index (χ0v) is 19.6. The van der Waals surface area contributed by atoms with Gasteiger partial charge in [0.2, 0.25) is 0 Å². The summed E-state index contributed by atoms with van der Waals surface area (Å²) in [6.45, 7) is 2.85. The molecule has 0 nitrogen and oxygen atoms in total. The second-order valence-corrected chi connectivity index (χ2v) is 6.40. The maximum atomic E-state index is 12.0. The van der Waals surface area contributed by atoms with E-state index in [4.69, 9.17) is 0 Å². The smallest absolute Gasteiger partial charge is 0.214 e. The minimum absolute atomic E-state index is 0. The molecule has 0 amide bonds. The van der Waals surface area contributed by atoms with Crippen LogP contribution in [0.25, 0.3) is 0 Å². The van der Waals surface area contributed by atoms with Crippen LogP contribution in [-0.2, 0) is 34.1 Å². The molecule has 0 radical (unpaired) electrons. The minimum atomic E-state index is -4.25. The molecule has 0 N–H and O–H groups in total. The van der Waals surface area contributed by atoms with Crippen molar-refractivity contribution in [2.75, 3.05) is 0 Å². The van der Waals surface area contributed by atoms with Crippen LogP contribution in [0.2, 0.25) is 0 Å².